The third-order valence-electron chi connectivity index (χ3n) is 5.77. The smallest absolute Gasteiger partial charge is 0.548 e. The average molecular weight is 634 g/mol. The Labute approximate surface area is 288 Å². The fraction of sp³-hybridized carbons (Fsp3) is 0.273. The molecular formula is C22H17N7Na2O9S2. The number of amides is 2. The molecule has 1 fully saturated rings. The summed E-state index contributed by atoms with van der Waals surface area (Å²) in [5.41, 5.74) is -0.781. The maximum Gasteiger partial charge on any atom is 1.00 e. The van der Waals surface area contributed by atoms with E-state index in [-0.39, 0.29) is 93.4 Å². The minimum atomic E-state index is -1.56. The number of furan rings is 1. The molecule has 0 bridgehead atoms. The van der Waals surface area contributed by atoms with E-state index in [4.69, 9.17) is 9.25 Å². The summed E-state index contributed by atoms with van der Waals surface area (Å²) < 4.78 is 6.80. The van der Waals surface area contributed by atoms with Crippen LogP contribution >= 0.6 is 23.5 Å². The Bertz CT molecular complexity index is 1650. The van der Waals surface area contributed by atoms with E-state index in [2.05, 4.69) is 20.7 Å². The molecule has 0 aromatic carbocycles. The molecule has 1 saturated heterocycles. The number of hydrogen-bond donors (Lipinski definition) is 1. The van der Waals surface area contributed by atoms with Crippen LogP contribution in [-0.4, -0.2) is 83.8 Å². The molecule has 5 heterocycles. The van der Waals surface area contributed by atoms with Crippen molar-refractivity contribution >= 4 is 58.6 Å². The van der Waals surface area contributed by atoms with Gasteiger partial charge in [-0.15, -0.1) is 28.6 Å². The summed E-state index contributed by atoms with van der Waals surface area (Å²) in [5, 5.41) is 36.7. The Morgan fingerprint density at radius 1 is 1.21 bits per heavy atom. The molecule has 2 aliphatic heterocycles. The predicted octanol–water partition coefficient (Wildman–Crippen LogP) is -9.21. The van der Waals surface area contributed by atoms with Gasteiger partial charge in [-0.25, -0.2) is 9.48 Å². The van der Waals surface area contributed by atoms with Gasteiger partial charge in [0.05, 0.1) is 30.4 Å². The monoisotopic (exact) mass is 633 g/mol. The summed E-state index contributed by atoms with van der Waals surface area (Å²) in [6.07, 6.45) is 1.34. The van der Waals surface area contributed by atoms with Gasteiger partial charge >= 0.3 is 64.8 Å². The number of nitrogens with zero attached hydrogens (tertiary/aromatic N) is 6. The normalized spacial score (nSPS) is 18.0. The summed E-state index contributed by atoms with van der Waals surface area (Å²) >= 11 is 2.35. The van der Waals surface area contributed by atoms with Crippen molar-refractivity contribution in [2.45, 2.75) is 23.0 Å². The van der Waals surface area contributed by atoms with E-state index in [0.717, 1.165) is 21.2 Å². The van der Waals surface area contributed by atoms with E-state index in [1.54, 1.807) is 6.07 Å². The topological polar surface area (TPSA) is 217 Å². The second-order valence-electron chi connectivity index (χ2n) is 8.24. The average Bonchev–Trinajstić information content (AvgIpc) is 3.56. The Morgan fingerprint density at radius 3 is 2.62 bits per heavy atom. The second kappa shape index (κ2) is 14.3. The molecule has 3 aromatic heterocycles. The van der Waals surface area contributed by atoms with E-state index in [0.29, 0.717) is 15.3 Å². The summed E-state index contributed by atoms with van der Waals surface area (Å²) in [5.74, 6) is -4.01. The summed E-state index contributed by atoms with van der Waals surface area (Å²) in [7, 11) is 1.25. The first kappa shape index (κ1) is 33.9. The number of β-lactam (4-membered cyclic amide) rings is 1. The molecule has 2 atom stereocenters. The van der Waals surface area contributed by atoms with Crippen LogP contribution in [0.1, 0.15) is 5.76 Å². The molecule has 1 unspecified atom stereocenters. The number of carbonyl (C=O) groups excluding carboxylic acids is 4. The van der Waals surface area contributed by atoms with Crippen LogP contribution in [0.3, 0.4) is 0 Å². The molecule has 0 spiro atoms. The van der Waals surface area contributed by atoms with Gasteiger partial charge < -0.3 is 34.4 Å². The van der Waals surface area contributed by atoms with E-state index in [9.17, 15) is 34.2 Å². The number of oxime groups is 1. The van der Waals surface area contributed by atoms with Crippen molar-refractivity contribution in [1.29, 1.82) is 0 Å². The first-order chi connectivity index (χ1) is 19.2. The number of fused-ring (bicyclic) bond motifs is 2. The zero-order valence-electron chi connectivity index (χ0n) is 22.3. The number of carboxylic acids is 2. The van der Waals surface area contributed by atoms with Crippen molar-refractivity contribution in [2.75, 3.05) is 18.6 Å². The number of hydrogen-bond acceptors (Lipinski definition) is 14. The fourth-order valence-electron chi connectivity index (χ4n) is 4.05. The number of nitrogens with one attached hydrogen (secondary N) is 1. The number of carbonyl (C=O) groups is 4. The van der Waals surface area contributed by atoms with E-state index in [1.165, 1.54) is 43.3 Å². The Kier molecular flexibility index (Phi) is 11.5. The summed E-state index contributed by atoms with van der Waals surface area (Å²) in [6.45, 7) is -0.737. The van der Waals surface area contributed by atoms with Gasteiger partial charge in [0.15, 0.2) is 11.4 Å². The molecule has 20 heteroatoms. The largest absolute Gasteiger partial charge is 1.00 e. The van der Waals surface area contributed by atoms with Crippen molar-refractivity contribution in [1.82, 2.24) is 29.6 Å². The van der Waals surface area contributed by atoms with Crippen molar-refractivity contribution in [2.24, 2.45) is 5.16 Å². The van der Waals surface area contributed by atoms with Gasteiger partial charge in [0, 0.05) is 11.5 Å². The number of carboxylic acid groups (broad SMARTS) is 2. The number of aliphatic carboxylic acids is 2. The van der Waals surface area contributed by atoms with Crippen molar-refractivity contribution in [3.63, 3.8) is 0 Å². The maximum absolute atomic E-state index is 13.0. The molecular weight excluding hydrogens is 616 g/mol. The third-order valence-corrected chi connectivity index (χ3v) is 8.11. The fourth-order valence-corrected chi connectivity index (χ4v) is 6.39. The molecule has 5 rings (SSSR count). The zero-order valence-corrected chi connectivity index (χ0v) is 28.0. The maximum atomic E-state index is 13.0. The van der Waals surface area contributed by atoms with Crippen LogP contribution in [0.25, 0.3) is 5.65 Å². The van der Waals surface area contributed by atoms with E-state index in [1.807, 2.05) is 0 Å². The minimum Gasteiger partial charge on any atom is -0.548 e. The van der Waals surface area contributed by atoms with Crippen LogP contribution < -0.4 is 80.3 Å². The molecule has 3 aromatic rings. The van der Waals surface area contributed by atoms with Crippen LogP contribution in [0, 0.1) is 0 Å². The first-order valence-electron chi connectivity index (χ1n) is 11.3. The molecule has 42 heavy (non-hydrogen) atoms. The van der Waals surface area contributed by atoms with Crippen LogP contribution in [0.2, 0.25) is 0 Å². The Hall–Kier alpha value is -2.58. The van der Waals surface area contributed by atoms with Gasteiger partial charge in [0.1, 0.15) is 23.6 Å². The molecule has 2 amide bonds. The zero-order chi connectivity index (χ0) is 28.6. The van der Waals surface area contributed by atoms with E-state index < -0.39 is 47.4 Å². The second-order valence-corrected chi connectivity index (χ2v) is 10.3. The number of rotatable bonds is 10. The molecule has 0 radical (unpaired) electrons. The van der Waals surface area contributed by atoms with E-state index >= 15 is 0 Å². The first-order valence-corrected chi connectivity index (χ1v) is 13.4. The summed E-state index contributed by atoms with van der Waals surface area (Å²) in [4.78, 5) is 66.7. The van der Waals surface area contributed by atoms with Gasteiger partial charge in [0.25, 0.3) is 11.8 Å². The molecule has 208 valence electrons. The van der Waals surface area contributed by atoms with Gasteiger partial charge in [-0.1, -0.05) is 5.16 Å². The quantitative estimate of drug-likeness (QED) is 0.0722. The van der Waals surface area contributed by atoms with Crippen LogP contribution in [0.5, 0.6) is 0 Å². The van der Waals surface area contributed by atoms with Crippen LogP contribution in [0.4, 0.5) is 0 Å². The van der Waals surface area contributed by atoms with Crippen LogP contribution in [0.15, 0.2) is 61.2 Å². The number of thioether (sulfide) groups is 2. The Balaban J connectivity index is 0.00000242. The van der Waals surface area contributed by atoms with Crippen molar-refractivity contribution in [3.8, 4) is 0 Å². The Morgan fingerprint density at radius 2 is 1.98 bits per heavy atom. The predicted molar refractivity (Wildman–Crippen MR) is 132 cm³/mol. The van der Waals surface area contributed by atoms with Gasteiger partial charge in [0.2, 0.25) is 5.71 Å². The van der Waals surface area contributed by atoms with Gasteiger partial charge in [-0.3, -0.25) is 14.5 Å². The van der Waals surface area contributed by atoms with Crippen LogP contribution in [-0.2, 0) is 30.6 Å². The minimum absolute atomic E-state index is 0. The molecule has 1 N–H and O–H groups in total. The molecule has 0 saturated carbocycles. The SMILES string of the molecule is CO/N=C(\C(=O)NC1C(=O)N2C(C(=O)[O-])=C(CSc3ccc4nn(CC(=O)[O-])c(=O)n4n3)CS[C@H]12)c1ccco1.[Na+].[Na+]. The third kappa shape index (κ3) is 6.65. The van der Waals surface area contributed by atoms with Crippen molar-refractivity contribution in [3.05, 3.63) is 58.0 Å². The molecule has 0 aliphatic carbocycles. The molecule has 16 nitrogen and oxygen atoms in total. The van der Waals surface area contributed by atoms with Crippen molar-refractivity contribution < 1.29 is 97.8 Å². The number of aromatic nitrogens is 4. The van der Waals surface area contributed by atoms with Gasteiger partial charge in [-0.05, 0) is 29.8 Å². The standard InChI is InChI=1S/C22H19N7O9S2.2Na/c1-37-26-15(11-3-2-6-38-11)18(32)23-16-19(33)28-17(21(34)35)10(9-40-20(16)28)8-39-13-5-4-12-24-27(7-14(30)31)22(36)29(12)25-13;;/h2-6,16,20H,7-9H2,1H3,(H,23,32)(H,30,31)(H,34,35);;/q;2*+1/p-2/b26-15-;;/t16?,20-;;/m1../s1. The molecule has 2 aliphatic rings. The summed E-state index contributed by atoms with van der Waals surface area (Å²) in [6, 6.07) is 5.01. The van der Waals surface area contributed by atoms with Gasteiger partial charge in [-0.2, -0.15) is 9.61 Å².